The van der Waals surface area contributed by atoms with Crippen LogP contribution in [0.1, 0.15) is 56.6 Å². The molecule has 0 radical (unpaired) electrons. The Morgan fingerprint density at radius 1 is 0.952 bits per heavy atom. The van der Waals surface area contributed by atoms with E-state index in [0.717, 1.165) is 47.5 Å². The molecule has 3 aromatic rings. The normalized spacial score (nSPS) is 14.5. The highest BCUT2D eigenvalue weighted by Crippen LogP contribution is 2.28. The first-order valence-corrected chi connectivity index (χ1v) is 16.0. The van der Waals surface area contributed by atoms with Crippen molar-refractivity contribution in [1.82, 2.24) is 10.2 Å². The maximum Gasteiger partial charge on any atom is 0.264 e. The van der Waals surface area contributed by atoms with E-state index in [2.05, 4.69) is 5.32 Å². The number of carbonyl (C=O) groups excluding carboxylic acids is 2. The topological polar surface area (TPSA) is 96.0 Å². The zero-order valence-electron chi connectivity index (χ0n) is 24.7. The Morgan fingerprint density at radius 3 is 2.29 bits per heavy atom. The van der Waals surface area contributed by atoms with E-state index in [9.17, 15) is 18.0 Å². The molecule has 2 amide bonds. The molecule has 0 aromatic heterocycles. The molecule has 3 aromatic carbocycles. The number of methoxy groups -OCH3 is 1. The van der Waals surface area contributed by atoms with E-state index in [1.165, 1.54) is 24.1 Å². The van der Waals surface area contributed by atoms with Crippen LogP contribution >= 0.6 is 0 Å². The van der Waals surface area contributed by atoms with Gasteiger partial charge in [-0.15, -0.1) is 0 Å². The molecule has 1 N–H and O–H groups in total. The summed E-state index contributed by atoms with van der Waals surface area (Å²) < 4.78 is 34.5. The molecule has 1 aliphatic rings. The van der Waals surface area contributed by atoms with E-state index >= 15 is 0 Å². The first kappa shape index (κ1) is 31.1. The number of anilines is 1. The molecule has 0 heterocycles. The van der Waals surface area contributed by atoms with Gasteiger partial charge < -0.3 is 15.0 Å². The van der Waals surface area contributed by atoms with E-state index in [-0.39, 0.29) is 23.4 Å². The molecule has 0 bridgehead atoms. The fourth-order valence-corrected chi connectivity index (χ4v) is 6.78. The molecular weight excluding hydrogens is 550 g/mol. The summed E-state index contributed by atoms with van der Waals surface area (Å²) in [7, 11) is -2.64. The van der Waals surface area contributed by atoms with Crippen LogP contribution in [0.25, 0.3) is 0 Å². The second kappa shape index (κ2) is 14.4. The van der Waals surface area contributed by atoms with Crippen LogP contribution in [0.3, 0.4) is 0 Å². The standard InChI is InChI=1S/C33H41N3O5S/c1-4-31(33(38)34-27-14-9-6-10-15-27)35(23-26-12-7-5-8-13-26)32(37)24-36(28-16-11-17-29(22-28)41-3)42(39,40)30-20-18-25(2)19-21-30/h5,7-8,11-13,16-22,27,31H,4,6,9-10,14-15,23-24H2,1-3H3,(H,34,38)/t31-/m0/s1. The summed E-state index contributed by atoms with van der Waals surface area (Å²) in [5, 5.41) is 3.17. The van der Waals surface area contributed by atoms with E-state index < -0.39 is 28.5 Å². The minimum absolute atomic E-state index is 0.0698. The second-order valence-corrected chi connectivity index (χ2v) is 12.7. The molecule has 1 fully saturated rings. The van der Waals surface area contributed by atoms with Gasteiger partial charge in [0.25, 0.3) is 10.0 Å². The van der Waals surface area contributed by atoms with E-state index in [4.69, 9.17) is 4.74 Å². The van der Waals surface area contributed by atoms with Gasteiger partial charge in [0.2, 0.25) is 11.8 Å². The average Bonchev–Trinajstić information content (AvgIpc) is 3.00. The molecule has 8 nitrogen and oxygen atoms in total. The Bertz CT molecular complexity index is 1440. The van der Waals surface area contributed by atoms with Crippen LogP contribution in [0.15, 0.2) is 83.8 Å². The van der Waals surface area contributed by atoms with E-state index in [1.54, 1.807) is 36.4 Å². The SMILES string of the molecule is CC[C@@H](C(=O)NC1CCCCC1)N(Cc1ccccc1)C(=O)CN(c1cccc(OC)c1)S(=O)(=O)c1ccc(C)cc1. The van der Waals surface area contributed by atoms with Crippen molar-refractivity contribution in [1.29, 1.82) is 0 Å². The van der Waals surface area contributed by atoms with E-state index in [1.807, 2.05) is 44.2 Å². The summed E-state index contributed by atoms with van der Waals surface area (Å²) in [6.45, 7) is 3.44. The third kappa shape index (κ3) is 7.70. The van der Waals surface area contributed by atoms with Crippen molar-refractivity contribution in [2.75, 3.05) is 18.0 Å². The minimum atomic E-state index is -4.14. The van der Waals surface area contributed by atoms with Gasteiger partial charge in [0, 0.05) is 18.7 Å². The summed E-state index contributed by atoms with van der Waals surface area (Å²) in [4.78, 5) is 29.4. The molecule has 9 heteroatoms. The van der Waals surface area contributed by atoms with Gasteiger partial charge in [0.15, 0.2) is 0 Å². The van der Waals surface area contributed by atoms with Crippen molar-refractivity contribution in [2.24, 2.45) is 0 Å². The minimum Gasteiger partial charge on any atom is -0.497 e. The van der Waals surface area contributed by atoms with Crippen molar-refractivity contribution in [3.63, 3.8) is 0 Å². The predicted molar refractivity (Wildman–Crippen MR) is 165 cm³/mol. The van der Waals surface area contributed by atoms with Crippen LogP contribution in [-0.4, -0.2) is 50.9 Å². The Balaban J connectivity index is 1.70. The molecular formula is C33H41N3O5S. The number of benzene rings is 3. The first-order valence-electron chi connectivity index (χ1n) is 14.6. The van der Waals surface area contributed by atoms with Crippen molar-refractivity contribution in [2.45, 2.75) is 75.9 Å². The fraction of sp³-hybridized carbons (Fsp3) is 0.394. The van der Waals surface area contributed by atoms with Crippen LogP contribution < -0.4 is 14.4 Å². The number of sulfonamides is 1. The maximum atomic E-state index is 14.2. The van der Waals surface area contributed by atoms with E-state index in [0.29, 0.717) is 17.9 Å². The van der Waals surface area contributed by atoms with Gasteiger partial charge in [-0.25, -0.2) is 8.42 Å². The van der Waals surface area contributed by atoms with Crippen LogP contribution in [0, 0.1) is 6.92 Å². The van der Waals surface area contributed by atoms with Crippen LogP contribution in [-0.2, 0) is 26.2 Å². The lowest BCUT2D eigenvalue weighted by atomic mass is 9.95. The molecule has 0 spiro atoms. The van der Waals surface area contributed by atoms with Gasteiger partial charge in [0.05, 0.1) is 17.7 Å². The Kier molecular flexibility index (Phi) is 10.6. The number of hydrogen-bond donors (Lipinski definition) is 1. The van der Waals surface area contributed by atoms with Gasteiger partial charge in [0.1, 0.15) is 18.3 Å². The second-order valence-electron chi connectivity index (χ2n) is 10.8. The lowest BCUT2D eigenvalue weighted by molar-refractivity contribution is -0.140. The molecule has 42 heavy (non-hydrogen) atoms. The van der Waals surface area contributed by atoms with Gasteiger partial charge in [-0.1, -0.05) is 80.3 Å². The summed E-state index contributed by atoms with van der Waals surface area (Å²) in [5.41, 5.74) is 2.06. The molecule has 4 rings (SSSR count). The highest BCUT2D eigenvalue weighted by molar-refractivity contribution is 7.92. The molecule has 1 saturated carbocycles. The highest BCUT2D eigenvalue weighted by Gasteiger charge is 2.34. The summed E-state index contributed by atoms with van der Waals surface area (Å²) in [6.07, 6.45) is 5.54. The van der Waals surface area contributed by atoms with Crippen molar-refractivity contribution in [3.05, 3.63) is 90.0 Å². The van der Waals surface area contributed by atoms with Crippen molar-refractivity contribution < 1.29 is 22.7 Å². The van der Waals surface area contributed by atoms with Crippen molar-refractivity contribution in [3.8, 4) is 5.75 Å². The third-order valence-electron chi connectivity index (χ3n) is 7.76. The molecule has 0 unspecified atom stereocenters. The molecule has 224 valence electrons. The lowest BCUT2D eigenvalue weighted by Gasteiger charge is -2.34. The fourth-order valence-electron chi connectivity index (χ4n) is 5.38. The highest BCUT2D eigenvalue weighted by atomic mass is 32.2. The number of nitrogens with zero attached hydrogens (tertiary/aromatic N) is 2. The largest absolute Gasteiger partial charge is 0.497 e. The first-order chi connectivity index (χ1) is 20.2. The van der Waals surface area contributed by atoms with Crippen LogP contribution in [0.2, 0.25) is 0 Å². The van der Waals surface area contributed by atoms with Gasteiger partial charge in [-0.05, 0) is 56.0 Å². The number of rotatable bonds is 12. The molecule has 0 aliphatic heterocycles. The zero-order chi connectivity index (χ0) is 30.1. The quantitative estimate of drug-likeness (QED) is 0.302. The van der Waals surface area contributed by atoms with Gasteiger partial charge >= 0.3 is 0 Å². The maximum absolute atomic E-state index is 14.2. The summed E-state index contributed by atoms with van der Waals surface area (Å²) in [5.74, 6) is -0.213. The zero-order valence-corrected chi connectivity index (χ0v) is 25.5. The third-order valence-corrected chi connectivity index (χ3v) is 9.55. The Hall–Kier alpha value is -3.85. The molecule has 0 saturated heterocycles. The number of aryl methyl sites for hydroxylation is 1. The Morgan fingerprint density at radius 2 is 1.64 bits per heavy atom. The van der Waals surface area contributed by atoms with Crippen LogP contribution in [0.5, 0.6) is 5.75 Å². The number of amides is 2. The summed E-state index contributed by atoms with van der Waals surface area (Å²) in [6, 6.07) is 21.9. The van der Waals surface area contributed by atoms with Crippen LogP contribution in [0.4, 0.5) is 5.69 Å². The number of carbonyl (C=O) groups is 2. The number of hydrogen-bond acceptors (Lipinski definition) is 5. The van der Waals surface area contributed by atoms with Crippen molar-refractivity contribution >= 4 is 27.5 Å². The lowest BCUT2D eigenvalue weighted by Crippen LogP contribution is -2.54. The smallest absolute Gasteiger partial charge is 0.264 e. The van der Waals surface area contributed by atoms with Gasteiger partial charge in [-0.3, -0.25) is 13.9 Å². The monoisotopic (exact) mass is 591 g/mol. The number of nitrogens with one attached hydrogen (secondary N) is 1. The summed E-state index contributed by atoms with van der Waals surface area (Å²) >= 11 is 0. The van der Waals surface area contributed by atoms with Gasteiger partial charge in [-0.2, -0.15) is 0 Å². The molecule has 1 aliphatic carbocycles. The Labute approximate surface area is 249 Å². The number of ether oxygens (including phenoxy) is 1. The molecule has 1 atom stereocenters. The average molecular weight is 592 g/mol. The predicted octanol–water partition coefficient (Wildman–Crippen LogP) is 5.46.